The molecular formula is C16H27NO. The van der Waals surface area contributed by atoms with Gasteiger partial charge in [-0.15, -0.1) is 0 Å². The molecule has 0 amide bonds. The summed E-state index contributed by atoms with van der Waals surface area (Å²) in [5.74, 6) is 1.16. The molecule has 0 aliphatic carbocycles. The van der Waals surface area contributed by atoms with Crippen molar-refractivity contribution in [2.75, 3.05) is 13.2 Å². The van der Waals surface area contributed by atoms with Crippen LogP contribution < -0.4 is 5.32 Å². The molecule has 18 heavy (non-hydrogen) atoms. The lowest BCUT2D eigenvalue weighted by Crippen LogP contribution is -2.35. The lowest BCUT2D eigenvalue weighted by molar-refractivity contribution is 0.244. The van der Waals surface area contributed by atoms with Gasteiger partial charge in [0.2, 0.25) is 0 Å². The molecule has 1 aromatic carbocycles. The minimum absolute atomic E-state index is 0.268. The molecule has 0 fully saturated rings. The molecule has 0 saturated heterocycles. The standard InChI is InChI=1S/C16H27NO/c1-13(2)16(10-12-18)17-11-9-14(3)15-7-5-4-6-8-15/h4-8,13-14,16-18H,9-12H2,1-3H3. The highest BCUT2D eigenvalue weighted by Gasteiger charge is 2.12. The van der Waals surface area contributed by atoms with Gasteiger partial charge in [-0.2, -0.15) is 0 Å². The third-order valence-corrected chi connectivity index (χ3v) is 3.60. The van der Waals surface area contributed by atoms with Gasteiger partial charge >= 0.3 is 0 Å². The molecule has 0 bridgehead atoms. The number of aliphatic hydroxyl groups is 1. The zero-order valence-electron chi connectivity index (χ0n) is 11.9. The smallest absolute Gasteiger partial charge is 0.0445 e. The number of rotatable bonds is 8. The van der Waals surface area contributed by atoms with Crippen LogP contribution in [0.5, 0.6) is 0 Å². The first kappa shape index (κ1) is 15.2. The van der Waals surface area contributed by atoms with Crippen LogP contribution in [-0.2, 0) is 0 Å². The summed E-state index contributed by atoms with van der Waals surface area (Å²) in [5, 5.41) is 12.6. The average Bonchev–Trinajstić information content (AvgIpc) is 2.38. The molecule has 0 aliphatic heterocycles. The van der Waals surface area contributed by atoms with E-state index in [1.807, 2.05) is 0 Å². The lowest BCUT2D eigenvalue weighted by Gasteiger charge is -2.22. The van der Waals surface area contributed by atoms with Gasteiger partial charge in [-0.3, -0.25) is 0 Å². The molecule has 0 heterocycles. The van der Waals surface area contributed by atoms with Crippen LogP contribution >= 0.6 is 0 Å². The number of nitrogens with one attached hydrogen (secondary N) is 1. The Morgan fingerprint density at radius 3 is 2.28 bits per heavy atom. The third kappa shape index (κ3) is 5.19. The first-order valence-electron chi connectivity index (χ1n) is 7.04. The van der Waals surface area contributed by atoms with Gasteiger partial charge in [0, 0.05) is 12.6 Å². The average molecular weight is 249 g/mol. The van der Waals surface area contributed by atoms with Crippen molar-refractivity contribution in [1.82, 2.24) is 5.32 Å². The van der Waals surface area contributed by atoms with Crippen LogP contribution in [0.3, 0.4) is 0 Å². The third-order valence-electron chi connectivity index (χ3n) is 3.60. The fourth-order valence-corrected chi connectivity index (χ4v) is 2.24. The first-order chi connectivity index (χ1) is 8.65. The molecule has 2 unspecified atom stereocenters. The van der Waals surface area contributed by atoms with Gasteiger partial charge in [0.25, 0.3) is 0 Å². The summed E-state index contributed by atoms with van der Waals surface area (Å²) in [6, 6.07) is 11.1. The molecule has 2 heteroatoms. The molecule has 0 radical (unpaired) electrons. The van der Waals surface area contributed by atoms with Gasteiger partial charge in [0.1, 0.15) is 0 Å². The fourth-order valence-electron chi connectivity index (χ4n) is 2.24. The molecule has 0 aromatic heterocycles. The highest BCUT2D eigenvalue weighted by atomic mass is 16.3. The Hall–Kier alpha value is -0.860. The summed E-state index contributed by atoms with van der Waals surface area (Å²) in [4.78, 5) is 0. The molecule has 0 aliphatic rings. The predicted molar refractivity (Wildman–Crippen MR) is 77.8 cm³/mol. The Bertz CT molecular complexity index is 310. The molecule has 2 nitrogen and oxygen atoms in total. The second kappa shape index (κ2) is 8.28. The van der Waals surface area contributed by atoms with E-state index in [-0.39, 0.29) is 6.61 Å². The largest absolute Gasteiger partial charge is 0.396 e. The van der Waals surface area contributed by atoms with Crippen molar-refractivity contribution in [3.63, 3.8) is 0 Å². The highest BCUT2D eigenvalue weighted by molar-refractivity contribution is 5.18. The molecule has 1 aromatic rings. The summed E-state index contributed by atoms with van der Waals surface area (Å²) in [5.41, 5.74) is 1.41. The summed E-state index contributed by atoms with van der Waals surface area (Å²) < 4.78 is 0. The molecule has 0 spiro atoms. The van der Waals surface area contributed by atoms with E-state index in [0.29, 0.717) is 17.9 Å². The van der Waals surface area contributed by atoms with E-state index in [0.717, 1.165) is 19.4 Å². The summed E-state index contributed by atoms with van der Waals surface area (Å²) in [6.07, 6.45) is 1.98. The van der Waals surface area contributed by atoms with Crippen molar-refractivity contribution in [2.45, 2.75) is 45.6 Å². The SMILES string of the molecule is CC(CCNC(CCO)C(C)C)c1ccccc1. The predicted octanol–water partition coefficient (Wildman–Crippen LogP) is 3.18. The van der Waals surface area contributed by atoms with E-state index in [4.69, 9.17) is 5.11 Å². The maximum atomic E-state index is 9.03. The quantitative estimate of drug-likeness (QED) is 0.741. The van der Waals surface area contributed by atoms with Crippen LogP contribution in [0.4, 0.5) is 0 Å². The number of aliphatic hydroxyl groups excluding tert-OH is 1. The van der Waals surface area contributed by atoms with Crippen LogP contribution in [0.1, 0.15) is 45.1 Å². The second-order valence-corrected chi connectivity index (χ2v) is 5.42. The Balaban J connectivity index is 2.32. The molecular weight excluding hydrogens is 222 g/mol. The maximum Gasteiger partial charge on any atom is 0.0445 e. The molecule has 0 saturated carbocycles. The molecule has 2 N–H and O–H groups in total. The van der Waals surface area contributed by atoms with Crippen molar-refractivity contribution in [2.24, 2.45) is 5.92 Å². The summed E-state index contributed by atoms with van der Waals surface area (Å²) in [6.45, 7) is 7.96. The van der Waals surface area contributed by atoms with Gasteiger partial charge in [-0.1, -0.05) is 51.1 Å². The Kier molecular flexibility index (Phi) is 6.99. The van der Waals surface area contributed by atoms with Crippen LogP contribution in [-0.4, -0.2) is 24.3 Å². The van der Waals surface area contributed by atoms with Crippen LogP contribution in [0.15, 0.2) is 30.3 Å². The summed E-state index contributed by atoms with van der Waals surface area (Å²) >= 11 is 0. The Morgan fingerprint density at radius 1 is 1.06 bits per heavy atom. The van der Waals surface area contributed by atoms with Crippen molar-refractivity contribution < 1.29 is 5.11 Å². The Morgan fingerprint density at radius 2 is 1.72 bits per heavy atom. The van der Waals surface area contributed by atoms with E-state index in [1.54, 1.807) is 0 Å². The van der Waals surface area contributed by atoms with Gasteiger partial charge in [-0.05, 0) is 36.8 Å². The van der Waals surface area contributed by atoms with E-state index in [9.17, 15) is 0 Å². The van der Waals surface area contributed by atoms with Crippen LogP contribution in [0, 0.1) is 5.92 Å². The maximum absolute atomic E-state index is 9.03. The monoisotopic (exact) mass is 249 g/mol. The second-order valence-electron chi connectivity index (χ2n) is 5.42. The van der Waals surface area contributed by atoms with Crippen molar-refractivity contribution in [1.29, 1.82) is 0 Å². The van der Waals surface area contributed by atoms with E-state index < -0.39 is 0 Å². The van der Waals surface area contributed by atoms with Crippen LogP contribution in [0.2, 0.25) is 0 Å². The first-order valence-corrected chi connectivity index (χ1v) is 7.04. The van der Waals surface area contributed by atoms with Crippen LogP contribution in [0.25, 0.3) is 0 Å². The zero-order valence-corrected chi connectivity index (χ0v) is 11.9. The Labute approximate surface area is 111 Å². The van der Waals surface area contributed by atoms with Gasteiger partial charge < -0.3 is 10.4 Å². The lowest BCUT2D eigenvalue weighted by atomic mass is 9.96. The van der Waals surface area contributed by atoms with Gasteiger partial charge in [-0.25, -0.2) is 0 Å². The number of hydrogen-bond donors (Lipinski definition) is 2. The van der Waals surface area contributed by atoms with Gasteiger partial charge in [0.05, 0.1) is 0 Å². The van der Waals surface area contributed by atoms with Crippen molar-refractivity contribution in [3.05, 3.63) is 35.9 Å². The fraction of sp³-hybridized carbons (Fsp3) is 0.625. The minimum atomic E-state index is 0.268. The number of hydrogen-bond acceptors (Lipinski definition) is 2. The molecule has 1 rings (SSSR count). The number of benzene rings is 1. The van der Waals surface area contributed by atoms with E-state index >= 15 is 0 Å². The van der Waals surface area contributed by atoms with E-state index in [1.165, 1.54) is 5.56 Å². The van der Waals surface area contributed by atoms with E-state index in [2.05, 4.69) is 56.4 Å². The topological polar surface area (TPSA) is 32.3 Å². The zero-order chi connectivity index (χ0) is 13.4. The summed E-state index contributed by atoms with van der Waals surface area (Å²) in [7, 11) is 0. The normalized spacial score (nSPS) is 14.7. The minimum Gasteiger partial charge on any atom is -0.396 e. The molecule has 2 atom stereocenters. The van der Waals surface area contributed by atoms with Gasteiger partial charge in [0.15, 0.2) is 0 Å². The molecule has 102 valence electrons. The highest BCUT2D eigenvalue weighted by Crippen LogP contribution is 2.18. The van der Waals surface area contributed by atoms with Crippen molar-refractivity contribution >= 4 is 0 Å². The van der Waals surface area contributed by atoms with Crippen molar-refractivity contribution in [3.8, 4) is 0 Å².